The van der Waals surface area contributed by atoms with Crippen LogP contribution in [0.15, 0.2) is 18.3 Å². The molecule has 4 heteroatoms. The van der Waals surface area contributed by atoms with E-state index in [1.54, 1.807) is 6.20 Å². The fourth-order valence-electron chi connectivity index (χ4n) is 2.25. The Morgan fingerprint density at radius 2 is 1.88 bits per heavy atom. The van der Waals surface area contributed by atoms with E-state index >= 15 is 0 Å². The first kappa shape index (κ1) is 11.8. The second kappa shape index (κ2) is 4.67. The zero-order valence-electron chi connectivity index (χ0n) is 10.5. The van der Waals surface area contributed by atoms with Crippen LogP contribution in [0.25, 0.3) is 0 Å². The first-order valence-corrected chi connectivity index (χ1v) is 5.76. The van der Waals surface area contributed by atoms with Gasteiger partial charge in [-0.15, -0.1) is 0 Å². The van der Waals surface area contributed by atoms with Gasteiger partial charge in [0.25, 0.3) is 0 Å². The molecule has 0 fully saturated rings. The lowest BCUT2D eigenvalue weighted by molar-refractivity contribution is 0.686. The standard InChI is InChI=1S/C13H18N4/c1-8-4-9(2)11(10(3)5-8)6-12(14)13-7-15-17-16-13/h4-5,7,12H,6,14H2,1-3H3,(H,15,16,17). The van der Waals surface area contributed by atoms with E-state index < -0.39 is 0 Å². The quantitative estimate of drug-likeness (QED) is 0.847. The van der Waals surface area contributed by atoms with Crippen molar-refractivity contribution in [2.45, 2.75) is 33.2 Å². The molecule has 1 heterocycles. The fourth-order valence-corrected chi connectivity index (χ4v) is 2.25. The van der Waals surface area contributed by atoms with Crippen LogP contribution in [0.4, 0.5) is 0 Å². The number of aromatic amines is 1. The minimum absolute atomic E-state index is 0.103. The predicted octanol–water partition coefficient (Wildman–Crippen LogP) is 1.97. The summed E-state index contributed by atoms with van der Waals surface area (Å²) in [6.45, 7) is 6.37. The van der Waals surface area contributed by atoms with Crippen molar-refractivity contribution >= 4 is 0 Å². The molecule has 0 bridgehead atoms. The Hall–Kier alpha value is -1.68. The van der Waals surface area contributed by atoms with Gasteiger partial charge in [-0.25, -0.2) is 0 Å². The summed E-state index contributed by atoms with van der Waals surface area (Å²) in [7, 11) is 0. The van der Waals surface area contributed by atoms with E-state index in [0.29, 0.717) is 0 Å². The summed E-state index contributed by atoms with van der Waals surface area (Å²) in [5, 5.41) is 10.4. The summed E-state index contributed by atoms with van der Waals surface area (Å²) < 4.78 is 0. The number of rotatable bonds is 3. The molecular weight excluding hydrogens is 212 g/mol. The first-order valence-electron chi connectivity index (χ1n) is 5.76. The lowest BCUT2D eigenvalue weighted by Crippen LogP contribution is -2.15. The third kappa shape index (κ3) is 2.53. The van der Waals surface area contributed by atoms with Crippen LogP contribution in [0.5, 0.6) is 0 Å². The van der Waals surface area contributed by atoms with Gasteiger partial charge in [0.05, 0.1) is 17.9 Å². The molecule has 90 valence electrons. The maximum Gasteiger partial charge on any atom is 0.0995 e. The van der Waals surface area contributed by atoms with Gasteiger partial charge in [-0.2, -0.15) is 15.4 Å². The third-order valence-corrected chi connectivity index (χ3v) is 3.08. The minimum atomic E-state index is -0.103. The Bertz CT molecular complexity index is 479. The highest BCUT2D eigenvalue weighted by Gasteiger charge is 2.13. The molecule has 0 saturated carbocycles. The van der Waals surface area contributed by atoms with Crippen LogP contribution < -0.4 is 5.73 Å². The average molecular weight is 230 g/mol. The number of hydrogen-bond donors (Lipinski definition) is 2. The molecule has 0 amide bonds. The van der Waals surface area contributed by atoms with Crippen LogP contribution in [-0.2, 0) is 6.42 Å². The number of hydrogen-bond acceptors (Lipinski definition) is 3. The molecule has 1 aromatic heterocycles. The summed E-state index contributed by atoms with van der Waals surface area (Å²) in [6, 6.07) is 4.28. The molecule has 0 aliphatic heterocycles. The smallest absolute Gasteiger partial charge is 0.0995 e. The summed E-state index contributed by atoms with van der Waals surface area (Å²) in [6.07, 6.45) is 2.48. The van der Waals surface area contributed by atoms with Gasteiger partial charge in [0.1, 0.15) is 0 Å². The van der Waals surface area contributed by atoms with E-state index in [-0.39, 0.29) is 6.04 Å². The Morgan fingerprint density at radius 3 is 2.41 bits per heavy atom. The Kier molecular flexibility index (Phi) is 3.24. The van der Waals surface area contributed by atoms with Crippen molar-refractivity contribution in [3.05, 3.63) is 46.3 Å². The third-order valence-electron chi connectivity index (χ3n) is 3.08. The molecule has 1 unspecified atom stereocenters. The number of nitrogens with two attached hydrogens (primary N) is 1. The SMILES string of the molecule is Cc1cc(C)c(CC(N)c2cn[nH]n2)c(C)c1. The van der Waals surface area contributed by atoms with Crippen LogP contribution in [0.1, 0.15) is 34.0 Å². The van der Waals surface area contributed by atoms with E-state index in [1.165, 1.54) is 22.3 Å². The molecule has 1 aromatic carbocycles. The van der Waals surface area contributed by atoms with Crippen molar-refractivity contribution in [3.63, 3.8) is 0 Å². The van der Waals surface area contributed by atoms with Crippen LogP contribution >= 0.6 is 0 Å². The molecule has 0 radical (unpaired) electrons. The molecule has 0 spiro atoms. The maximum absolute atomic E-state index is 6.12. The van der Waals surface area contributed by atoms with Gasteiger partial charge in [0.15, 0.2) is 0 Å². The molecule has 4 nitrogen and oxygen atoms in total. The number of nitrogens with zero attached hydrogens (tertiary/aromatic N) is 2. The molecule has 2 rings (SSSR count). The molecule has 17 heavy (non-hydrogen) atoms. The molecule has 0 saturated heterocycles. The number of nitrogens with one attached hydrogen (secondary N) is 1. The van der Waals surface area contributed by atoms with Crippen molar-refractivity contribution in [1.29, 1.82) is 0 Å². The van der Waals surface area contributed by atoms with Crippen molar-refractivity contribution in [2.75, 3.05) is 0 Å². The van der Waals surface area contributed by atoms with Crippen LogP contribution in [-0.4, -0.2) is 15.4 Å². The van der Waals surface area contributed by atoms with Gasteiger partial charge >= 0.3 is 0 Å². The Morgan fingerprint density at radius 1 is 1.24 bits per heavy atom. The Balaban J connectivity index is 2.25. The molecule has 2 aromatic rings. The number of aryl methyl sites for hydroxylation is 3. The van der Waals surface area contributed by atoms with Crippen LogP contribution in [0, 0.1) is 20.8 Å². The normalized spacial score (nSPS) is 12.7. The van der Waals surface area contributed by atoms with Gasteiger partial charge < -0.3 is 5.73 Å². The fraction of sp³-hybridized carbons (Fsp3) is 0.385. The van der Waals surface area contributed by atoms with E-state index in [9.17, 15) is 0 Å². The molecule has 1 atom stereocenters. The van der Waals surface area contributed by atoms with Crippen molar-refractivity contribution in [1.82, 2.24) is 15.4 Å². The second-order valence-corrected chi connectivity index (χ2v) is 4.58. The highest BCUT2D eigenvalue weighted by Crippen LogP contribution is 2.21. The zero-order valence-corrected chi connectivity index (χ0v) is 10.5. The summed E-state index contributed by atoms with van der Waals surface area (Å²) >= 11 is 0. The highest BCUT2D eigenvalue weighted by atomic mass is 15.3. The molecule has 0 aliphatic carbocycles. The van der Waals surface area contributed by atoms with Crippen LogP contribution in [0.3, 0.4) is 0 Å². The van der Waals surface area contributed by atoms with E-state index in [4.69, 9.17) is 5.73 Å². The lowest BCUT2D eigenvalue weighted by atomic mass is 9.94. The van der Waals surface area contributed by atoms with Crippen molar-refractivity contribution in [2.24, 2.45) is 5.73 Å². The summed E-state index contributed by atoms with van der Waals surface area (Å²) in [4.78, 5) is 0. The molecular formula is C13H18N4. The lowest BCUT2D eigenvalue weighted by Gasteiger charge is -2.14. The summed E-state index contributed by atoms with van der Waals surface area (Å²) in [5.74, 6) is 0. The average Bonchev–Trinajstić information content (AvgIpc) is 2.76. The number of aromatic nitrogens is 3. The first-order chi connectivity index (χ1) is 8.08. The van der Waals surface area contributed by atoms with Gasteiger partial charge in [-0.1, -0.05) is 17.7 Å². The molecule has 3 N–H and O–H groups in total. The van der Waals surface area contributed by atoms with Crippen molar-refractivity contribution in [3.8, 4) is 0 Å². The monoisotopic (exact) mass is 230 g/mol. The van der Waals surface area contributed by atoms with Gasteiger partial charge in [0.2, 0.25) is 0 Å². The largest absolute Gasteiger partial charge is 0.322 e. The zero-order chi connectivity index (χ0) is 12.4. The van der Waals surface area contributed by atoms with E-state index in [2.05, 4.69) is 48.3 Å². The van der Waals surface area contributed by atoms with Crippen molar-refractivity contribution < 1.29 is 0 Å². The van der Waals surface area contributed by atoms with E-state index in [1.807, 2.05) is 0 Å². The van der Waals surface area contributed by atoms with Gasteiger partial charge in [-0.3, -0.25) is 0 Å². The van der Waals surface area contributed by atoms with Crippen LogP contribution in [0.2, 0.25) is 0 Å². The topological polar surface area (TPSA) is 67.6 Å². The predicted molar refractivity (Wildman–Crippen MR) is 67.7 cm³/mol. The Labute approximate surface area is 101 Å². The summed E-state index contributed by atoms with van der Waals surface area (Å²) in [5.41, 5.74) is 12.1. The second-order valence-electron chi connectivity index (χ2n) is 4.58. The molecule has 0 aliphatic rings. The number of H-pyrrole nitrogens is 1. The number of benzene rings is 1. The minimum Gasteiger partial charge on any atom is -0.322 e. The van der Waals surface area contributed by atoms with Gasteiger partial charge in [0, 0.05) is 0 Å². The maximum atomic E-state index is 6.12. The van der Waals surface area contributed by atoms with Gasteiger partial charge in [-0.05, 0) is 43.9 Å². The van der Waals surface area contributed by atoms with E-state index in [0.717, 1.165) is 12.1 Å². The highest BCUT2D eigenvalue weighted by molar-refractivity contribution is 5.38.